The zero-order chi connectivity index (χ0) is 28.7. The first-order valence-electron chi connectivity index (χ1n) is 14.6. The van der Waals surface area contributed by atoms with E-state index in [2.05, 4.69) is 158 Å². The van der Waals surface area contributed by atoms with E-state index in [-0.39, 0.29) is 0 Å². The highest BCUT2D eigenvalue weighted by Crippen LogP contribution is 2.32. The molecule has 1 nitrogen and oxygen atoms in total. The van der Waals surface area contributed by atoms with Crippen molar-refractivity contribution in [3.05, 3.63) is 146 Å². The summed E-state index contributed by atoms with van der Waals surface area (Å²) < 4.78 is 0. The van der Waals surface area contributed by atoms with Crippen LogP contribution in [0.25, 0.3) is 66.2 Å². The lowest BCUT2D eigenvalue weighted by Crippen LogP contribution is -2.37. The van der Waals surface area contributed by atoms with Crippen molar-refractivity contribution in [3.8, 4) is 44.5 Å². The number of rotatable bonds is 5. The smallest absolute Gasteiger partial charge is 0.0780 e. The molecule has 0 spiro atoms. The fourth-order valence-electron chi connectivity index (χ4n) is 5.80. The maximum Gasteiger partial charge on any atom is 0.0780 e. The van der Waals surface area contributed by atoms with Gasteiger partial charge in [0.2, 0.25) is 0 Å². The van der Waals surface area contributed by atoms with Crippen LogP contribution in [-0.4, -0.2) is 13.1 Å². The molecule has 202 valence electrons. The highest BCUT2D eigenvalue weighted by atomic mass is 28.3. The van der Waals surface area contributed by atoms with E-state index in [0.29, 0.717) is 0 Å². The summed E-state index contributed by atoms with van der Waals surface area (Å²) >= 11 is 0. The van der Waals surface area contributed by atoms with E-state index >= 15 is 0 Å². The molecule has 7 rings (SSSR count). The molecule has 2 heteroatoms. The Morgan fingerprint density at radius 2 is 0.857 bits per heavy atom. The van der Waals surface area contributed by atoms with E-state index < -0.39 is 8.07 Å². The Bertz CT molecular complexity index is 2030. The number of aromatic nitrogens is 1. The molecule has 0 unspecified atom stereocenters. The predicted octanol–water partition coefficient (Wildman–Crippen LogP) is 10.6. The predicted molar refractivity (Wildman–Crippen MR) is 184 cm³/mol. The van der Waals surface area contributed by atoms with Crippen LogP contribution in [0.5, 0.6) is 0 Å². The second kappa shape index (κ2) is 10.6. The quantitative estimate of drug-likeness (QED) is 0.193. The molecule has 0 saturated heterocycles. The first-order chi connectivity index (χ1) is 20.4. The van der Waals surface area contributed by atoms with Crippen LogP contribution in [0.1, 0.15) is 0 Å². The fraction of sp³-hybridized carbons (Fsp3) is 0.0750. The highest BCUT2D eigenvalue weighted by Gasteiger charge is 2.15. The summed E-state index contributed by atoms with van der Waals surface area (Å²) in [7, 11) is -1.28. The number of hydrogen-bond donors (Lipinski definition) is 0. The van der Waals surface area contributed by atoms with Gasteiger partial charge in [-0.2, -0.15) is 0 Å². The van der Waals surface area contributed by atoms with Crippen LogP contribution in [0.4, 0.5) is 0 Å². The molecule has 0 N–H and O–H groups in total. The molecule has 42 heavy (non-hydrogen) atoms. The summed E-state index contributed by atoms with van der Waals surface area (Å²) in [6.45, 7) is 7.18. The van der Waals surface area contributed by atoms with Gasteiger partial charge in [-0.1, -0.05) is 146 Å². The minimum absolute atomic E-state index is 1.04. The maximum absolute atomic E-state index is 4.63. The number of benzene rings is 6. The molecule has 0 aliphatic heterocycles. The van der Waals surface area contributed by atoms with Crippen LogP contribution in [0.15, 0.2) is 146 Å². The van der Waals surface area contributed by atoms with Gasteiger partial charge in [0.15, 0.2) is 0 Å². The fourth-order valence-corrected chi connectivity index (χ4v) is 6.97. The molecule has 0 amide bonds. The van der Waals surface area contributed by atoms with Gasteiger partial charge in [0.25, 0.3) is 0 Å². The normalized spacial score (nSPS) is 11.7. The first kappa shape index (κ1) is 26.1. The molecular formula is C40H33NSi. The summed E-state index contributed by atoms with van der Waals surface area (Å²) in [5.41, 5.74) is 10.8. The first-order valence-corrected chi connectivity index (χ1v) is 18.1. The highest BCUT2D eigenvalue weighted by molar-refractivity contribution is 6.88. The molecule has 0 saturated carbocycles. The van der Waals surface area contributed by atoms with Gasteiger partial charge in [0.1, 0.15) is 0 Å². The molecule has 0 aliphatic rings. The minimum atomic E-state index is -1.28. The molecule has 0 bridgehead atoms. The standard InChI is InChI=1S/C40H33NSi/c1-42(2,3)38-23-21-29(22-24-38)28-9-11-30(12-10-28)34-17-19-37-27-35(18-20-36(37)26-34)31-13-15-32(16-14-31)39-8-4-6-33-7-5-25-41-40(33)39/h4-27H,1-3H3. The molecule has 1 heterocycles. The van der Waals surface area contributed by atoms with Crippen molar-refractivity contribution in [2.24, 2.45) is 0 Å². The molecule has 0 aliphatic carbocycles. The van der Waals surface area contributed by atoms with Crippen molar-refractivity contribution in [3.63, 3.8) is 0 Å². The Kier molecular flexibility index (Phi) is 6.57. The van der Waals surface area contributed by atoms with Crippen molar-refractivity contribution >= 4 is 34.9 Å². The van der Waals surface area contributed by atoms with Crippen molar-refractivity contribution in [1.29, 1.82) is 0 Å². The van der Waals surface area contributed by atoms with Gasteiger partial charge >= 0.3 is 0 Å². The van der Waals surface area contributed by atoms with E-state index in [1.807, 2.05) is 12.3 Å². The number of hydrogen-bond acceptors (Lipinski definition) is 1. The van der Waals surface area contributed by atoms with E-state index in [9.17, 15) is 0 Å². The summed E-state index contributed by atoms with van der Waals surface area (Å²) in [4.78, 5) is 4.63. The van der Waals surface area contributed by atoms with E-state index in [1.165, 1.54) is 60.5 Å². The Labute approximate surface area is 249 Å². The molecule has 0 fully saturated rings. The van der Waals surface area contributed by atoms with Gasteiger partial charge in [-0.15, -0.1) is 0 Å². The zero-order valence-corrected chi connectivity index (χ0v) is 25.3. The van der Waals surface area contributed by atoms with Crippen molar-refractivity contribution in [1.82, 2.24) is 4.98 Å². The largest absolute Gasteiger partial charge is 0.256 e. The van der Waals surface area contributed by atoms with E-state index in [0.717, 1.165) is 10.9 Å². The van der Waals surface area contributed by atoms with Crippen molar-refractivity contribution in [2.75, 3.05) is 0 Å². The van der Waals surface area contributed by atoms with E-state index in [1.54, 1.807) is 0 Å². The molecule has 7 aromatic rings. The van der Waals surface area contributed by atoms with Crippen LogP contribution in [-0.2, 0) is 0 Å². The van der Waals surface area contributed by atoms with Gasteiger partial charge in [0, 0.05) is 17.1 Å². The second-order valence-electron chi connectivity index (χ2n) is 12.1. The Balaban J connectivity index is 1.12. The lowest BCUT2D eigenvalue weighted by molar-refractivity contribution is 1.41. The third-order valence-electron chi connectivity index (χ3n) is 8.30. The van der Waals surface area contributed by atoms with Crippen molar-refractivity contribution < 1.29 is 0 Å². The molecule has 1 aromatic heterocycles. The average Bonchev–Trinajstić information content (AvgIpc) is 3.04. The maximum atomic E-state index is 4.63. The van der Waals surface area contributed by atoms with Crippen molar-refractivity contribution in [2.45, 2.75) is 19.6 Å². The Morgan fingerprint density at radius 3 is 1.40 bits per heavy atom. The monoisotopic (exact) mass is 555 g/mol. The number of pyridine rings is 1. The third kappa shape index (κ3) is 5.06. The molecule has 6 aromatic carbocycles. The molecule has 0 atom stereocenters. The van der Waals surface area contributed by atoms with Crippen LogP contribution in [0, 0.1) is 0 Å². The van der Waals surface area contributed by atoms with Gasteiger partial charge < -0.3 is 0 Å². The number of nitrogens with zero attached hydrogens (tertiary/aromatic N) is 1. The molecular weight excluding hydrogens is 523 g/mol. The topological polar surface area (TPSA) is 12.9 Å². The Hall–Kier alpha value is -4.79. The van der Waals surface area contributed by atoms with Gasteiger partial charge in [-0.25, -0.2) is 0 Å². The van der Waals surface area contributed by atoms with Crippen LogP contribution in [0.3, 0.4) is 0 Å². The van der Waals surface area contributed by atoms with E-state index in [4.69, 9.17) is 0 Å². The summed E-state index contributed by atoms with van der Waals surface area (Å²) in [6.07, 6.45) is 1.86. The van der Waals surface area contributed by atoms with Gasteiger partial charge in [0.05, 0.1) is 13.6 Å². The summed E-state index contributed by atoms with van der Waals surface area (Å²) in [5.74, 6) is 0. The lowest BCUT2D eigenvalue weighted by Gasteiger charge is -2.16. The SMILES string of the molecule is C[Si](C)(C)c1ccc(-c2ccc(-c3ccc4cc(-c5ccc(-c6cccc7cccnc67)cc5)ccc4c3)cc2)cc1. The lowest BCUT2D eigenvalue weighted by atomic mass is 9.95. The zero-order valence-electron chi connectivity index (χ0n) is 24.3. The van der Waals surface area contributed by atoms with Crippen LogP contribution < -0.4 is 5.19 Å². The minimum Gasteiger partial charge on any atom is -0.256 e. The van der Waals surface area contributed by atoms with Gasteiger partial charge in [-0.05, 0) is 67.9 Å². The van der Waals surface area contributed by atoms with Crippen LogP contribution >= 0.6 is 0 Å². The molecule has 0 radical (unpaired) electrons. The number of fused-ring (bicyclic) bond motifs is 2. The number of para-hydroxylation sites is 1. The summed E-state index contributed by atoms with van der Waals surface area (Å²) in [5, 5.41) is 5.16. The summed E-state index contributed by atoms with van der Waals surface area (Å²) in [6, 6.07) is 51.0. The second-order valence-corrected chi connectivity index (χ2v) is 17.2. The van der Waals surface area contributed by atoms with Crippen LogP contribution in [0.2, 0.25) is 19.6 Å². The Morgan fingerprint density at radius 1 is 0.405 bits per heavy atom. The third-order valence-corrected chi connectivity index (χ3v) is 10.4. The average molecular weight is 556 g/mol. The van der Waals surface area contributed by atoms with Gasteiger partial charge in [-0.3, -0.25) is 4.98 Å².